The number of ether oxygens (including phenoxy) is 1. The summed E-state index contributed by atoms with van der Waals surface area (Å²) in [5, 5.41) is 21.0. The minimum absolute atomic E-state index is 0.263. The van der Waals surface area contributed by atoms with Crippen LogP contribution in [0.25, 0.3) is 0 Å². The van der Waals surface area contributed by atoms with Crippen molar-refractivity contribution in [3.05, 3.63) is 51.7 Å². The molecule has 0 fully saturated rings. The van der Waals surface area contributed by atoms with Gasteiger partial charge in [0, 0.05) is 24.5 Å². The summed E-state index contributed by atoms with van der Waals surface area (Å²) in [6.07, 6.45) is 0.548. The number of aliphatic hydroxyl groups excluding tert-OH is 1. The van der Waals surface area contributed by atoms with Crippen molar-refractivity contribution in [3.63, 3.8) is 0 Å². The molecule has 3 rings (SSSR count). The Morgan fingerprint density at radius 2 is 2.14 bits per heavy atom. The van der Waals surface area contributed by atoms with Gasteiger partial charge in [-0.1, -0.05) is 0 Å². The number of hydrogen-bond donors (Lipinski definition) is 1. The third kappa shape index (κ3) is 3.66. The van der Waals surface area contributed by atoms with Gasteiger partial charge in [-0.25, -0.2) is 0 Å². The predicted octanol–water partition coefficient (Wildman–Crippen LogP) is 2.42. The average molecular weight is 314 g/mol. The quantitative estimate of drug-likeness (QED) is 0.921. The summed E-state index contributed by atoms with van der Waals surface area (Å²) < 4.78 is 5.58. The Bertz CT molecular complexity index is 660. The monoisotopic (exact) mass is 314 g/mol. The molecule has 1 aromatic heterocycles. The van der Waals surface area contributed by atoms with Crippen molar-refractivity contribution in [2.75, 3.05) is 19.7 Å². The average Bonchev–Trinajstić information content (AvgIpc) is 3.01. The van der Waals surface area contributed by atoms with Crippen LogP contribution in [0.2, 0.25) is 0 Å². The van der Waals surface area contributed by atoms with Crippen LogP contribution in [0.5, 0.6) is 5.75 Å². The third-order valence-corrected chi connectivity index (χ3v) is 4.80. The van der Waals surface area contributed by atoms with Gasteiger partial charge in [-0.15, -0.1) is 11.3 Å². The van der Waals surface area contributed by atoms with E-state index in [1.165, 1.54) is 10.4 Å². The summed E-state index contributed by atoms with van der Waals surface area (Å²) in [6.45, 7) is 2.78. The van der Waals surface area contributed by atoms with Crippen LogP contribution in [0, 0.1) is 11.3 Å². The Morgan fingerprint density at radius 1 is 1.32 bits per heavy atom. The second kappa shape index (κ2) is 6.93. The van der Waals surface area contributed by atoms with E-state index in [0.717, 1.165) is 19.5 Å². The van der Waals surface area contributed by atoms with E-state index in [0.29, 0.717) is 17.9 Å². The summed E-state index contributed by atoms with van der Waals surface area (Å²) in [5.41, 5.74) is 1.99. The standard InChI is InChI=1S/C17H18N2O2S/c18-9-13-1-3-16(4-2-13)21-12-15(20)11-19-7-5-17-14(10-19)6-8-22-17/h1-4,6,8,15,20H,5,7,10-12H2. The molecule has 1 atom stereocenters. The number of nitriles is 1. The lowest BCUT2D eigenvalue weighted by Crippen LogP contribution is -2.38. The van der Waals surface area contributed by atoms with E-state index in [4.69, 9.17) is 10.00 Å². The van der Waals surface area contributed by atoms with Gasteiger partial charge in [0.2, 0.25) is 0 Å². The fourth-order valence-corrected chi connectivity index (χ4v) is 3.52. The molecule has 0 radical (unpaired) electrons. The maximum absolute atomic E-state index is 10.1. The van der Waals surface area contributed by atoms with Gasteiger partial charge in [0.25, 0.3) is 0 Å². The summed E-state index contributed by atoms with van der Waals surface area (Å²) in [4.78, 5) is 3.74. The zero-order valence-electron chi connectivity index (χ0n) is 12.2. The molecule has 1 aromatic carbocycles. The van der Waals surface area contributed by atoms with E-state index in [2.05, 4.69) is 22.4 Å². The van der Waals surface area contributed by atoms with E-state index in [-0.39, 0.29) is 6.61 Å². The van der Waals surface area contributed by atoms with Crippen LogP contribution in [-0.2, 0) is 13.0 Å². The number of benzene rings is 1. The van der Waals surface area contributed by atoms with Gasteiger partial charge >= 0.3 is 0 Å². The smallest absolute Gasteiger partial charge is 0.119 e. The number of rotatable bonds is 5. The molecule has 1 aliphatic rings. The first kappa shape index (κ1) is 15.0. The zero-order valence-corrected chi connectivity index (χ0v) is 13.1. The number of nitrogens with zero attached hydrogens (tertiary/aromatic N) is 2. The SMILES string of the molecule is N#Cc1ccc(OCC(O)CN2CCc3sccc3C2)cc1. The largest absolute Gasteiger partial charge is 0.491 e. The van der Waals surface area contributed by atoms with Crippen LogP contribution in [0.15, 0.2) is 35.7 Å². The van der Waals surface area contributed by atoms with Crippen molar-refractivity contribution in [2.45, 2.75) is 19.1 Å². The minimum Gasteiger partial charge on any atom is -0.491 e. The molecule has 2 aromatic rings. The molecule has 22 heavy (non-hydrogen) atoms. The van der Waals surface area contributed by atoms with Crippen molar-refractivity contribution in [1.82, 2.24) is 4.90 Å². The molecular formula is C17H18N2O2S. The number of β-amino-alcohol motifs (C(OH)–C–C–N with tert-alkyl or cyclic N) is 1. The maximum atomic E-state index is 10.1. The van der Waals surface area contributed by atoms with E-state index in [9.17, 15) is 5.11 Å². The molecule has 0 amide bonds. The predicted molar refractivity (Wildman–Crippen MR) is 86.0 cm³/mol. The molecule has 0 aliphatic carbocycles. The highest BCUT2D eigenvalue weighted by Crippen LogP contribution is 2.24. The van der Waals surface area contributed by atoms with Crippen molar-refractivity contribution in [3.8, 4) is 11.8 Å². The Morgan fingerprint density at radius 3 is 2.91 bits per heavy atom. The van der Waals surface area contributed by atoms with Gasteiger partial charge in [-0.2, -0.15) is 5.26 Å². The second-order valence-corrected chi connectivity index (χ2v) is 6.46. The van der Waals surface area contributed by atoms with E-state index in [1.54, 1.807) is 24.3 Å². The third-order valence-electron chi connectivity index (χ3n) is 3.78. The van der Waals surface area contributed by atoms with Crippen LogP contribution in [0.4, 0.5) is 0 Å². The van der Waals surface area contributed by atoms with Crippen molar-refractivity contribution >= 4 is 11.3 Å². The Kier molecular flexibility index (Phi) is 4.74. The van der Waals surface area contributed by atoms with Gasteiger partial charge in [0.1, 0.15) is 18.5 Å². The summed E-state index contributed by atoms with van der Waals surface area (Å²) in [5.74, 6) is 0.678. The molecule has 0 spiro atoms. The van der Waals surface area contributed by atoms with Crippen molar-refractivity contribution in [1.29, 1.82) is 5.26 Å². The van der Waals surface area contributed by atoms with Crippen LogP contribution >= 0.6 is 11.3 Å². The minimum atomic E-state index is -0.518. The van der Waals surface area contributed by atoms with Gasteiger partial charge in [0.15, 0.2) is 0 Å². The number of hydrogen-bond acceptors (Lipinski definition) is 5. The van der Waals surface area contributed by atoms with Crippen molar-refractivity contribution in [2.24, 2.45) is 0 Å². The molecule has 1 N–H and O–H groups in total. The van der Waals surface area contributed by atoms with Crippen molar-refractivity contribution < 1.29 is 9.84 Å². The summed E-state index contributed by atoms with van der Waals surface area (Å²) in [6, 6.07) is 11.2. The molecule has 0 saturated carbocycles. The normalized spacial score (nSPS) is 15.8. The highest BCUT2D eigenvalue weighted by Gasteiger charge is 2.19. The lowest BCUT2D eigenvalue weighted by atomic mass is 10.1. The maximum Gasteiger partial charge on any atom is 0.119 e. The Balaban J connectivity index is 1.46. The van der Waals surface area contributed by atoms with Crippen LogP contribution in [0.1, 0.15) is 16.0 Å². The van der Waals surface area contributed by atoms with Crippen LogP contribution < -0.4 is 4.74 Å². The molecule has 0 saturated heterocycles. The molecule has 1 aliphatic heterocycles. The second-order valence-electron chi connectivity index (χ2n) is 5.46. The van der Waals surface area contributed by atoms with Gasteiger partial charge in [-0.3, -0.25) is 4.90 Å². The van der Waals surface area contributed by atoms with E-state index in [1.807, 2.05) is 11.3 Å². The molecule has 5 heteroatoms. The summed E-state index contributed by atoms with van der Waals surface area (Å²) >= 11 is 1.82. The zero-order chi connectivity index (χ0) is 15.4. The molecule has 4 nitrogen and oxygen atoms in total. The molecule has 2 heterocycles. The van der Waals surface area contributed by atoms with Gasteiger partial charge in [0.05, 0.1) is 11.6 Å². The van der Waals surface area contributed by atoms with E-state index >= 15 is 0 Å². The lowest BCUT2D eigenvalue weighted by molar-refractivity contribution is 0.0640. The molecule has 1 unspecified atom stereocenters. The summed E-state index contributed by atoms with van der Waals surface area (Å²) in [7, 11) is 0. The van der Waals surface area contributed by atoms with Crippen LogP contribution in [0.3, 0.4) is 0 Å². The number of aliphatic hydroxyl groups is 1. The highest BCUT2D eigenvalue weighted by atomic mass is 32.1. The number of thiophene rings is 1. The van der Waals surface area contributed by atoms with Gasteiger partial charge < -0.3 is 9.84 Å². The lowest BCUT2D eigenvalue weighted by Gasteiger charge is -2.28. The fraction of sp³-hybridized carbons (Fsp3) is 0.353. The highest BCUT2D eigenvalue weighted by molar-refractivity contribution is 7.10. The molecule has 114 valence electrons. The number of fused-ring (bicyclic) bond motifs is 1. The van der Waals surface area contributed by atoms with Gasteiger partial charge in [-0.05, 0) is 47.7 Å². The topological polar surface area (TPSA) is 56.5 Å². The first-order chi connectivity index (χ1) is 10.7. The Labute approximate surface area is 134 Å². The first-order valence-corrected chi connectivity index (χ1v) is 8.21. The molecular weight excluding hydrogens is 296 g/mol. The first-order valence-electron chi connectivity index (χ1n) is 7.33. The van der Waals surface area contributed by atoms with E-state index < -0.39 is 6.10 Å². The fourth-order valence-electron chi connectivity index (χ4n) is 2.63. The van der Waals surface area contributed by atoms with Crippen LogP contribution in [-0.4, -0.2) is 35.8 Å². The Hall–Kier alpha value is -1.87. The molecule has 0 bridgehead atoms.